The maximum atomic E-state index is 11.3. The van der Waals surface area contributed by atoms with Crippen LogP contribution >= 0.6 is 0 Å². The third-order valence-corrected chi connectivity index (χ3v) is 2.84. The van der Waals surface area contributed by atoms with Crippen molar-refractivity contribution in [2.45, 2.75) is 33.2 Å². The van der Waals surface area contributed by atoms with Crippen LogP contribution in [0.4, 0.5) is 5.82 Å². The molecule has 102 valence electrons. The molecule has 6 nitrogen and oxygen atoms in total. The van der Waals surface area contributed by atoms with Gasteiger partial charge >= 0.3 is 5.97 Å². The van der Waals surface area contributed by atoms with E-state index in [2.05, 4.69) is 20.3 Å². The number of aryl methyl sites for hydroxylation is 1. The minimum Gasteiger partial charge on any atom is -0.480 e. The molecule has 3 N–H and O–H groups in total. The van der Waals surface area contributed by atoms with E-state index in [-0.39, 0.29) is 0 Å². The van der Waals surface area contributed by atoms with Crippen LogP contribution in [0.5, 0.6) is 0 Å². The number of hydrogen-bond acceptors (Lipinski definition) is 4. The molecule has 0 fully saturated rings. The van der Waals surface area contributed by atoms with E-state index in [1.165, 1.54) is 0 Å². The lowest BCUT2D eigenvalue weighted by Crippen LogP contribution is -2.31. The third-order valence-electron chi connectivity index (χ3n) is 2.84. The van der Waals surface area contributed by atoms with Gasteiger partial charge in [-0.15, -0.1) is 0 Å². The van der Waals surface area contributed by atoms with E-state index >= 15 is 0 Å². The van der Waals surface area contributed by atoms with Gasteiger partial charge in [0.05, 0.1) is 5.39 Å². The zero-order valence-corrected chi connectivity index (χ0v) is 11.3. The number of aromatic amines is 1. The molecule has 0 radical (unpaired) electrons. The number of carboxylic acids is 1. The molecule has 0 saturated carbocycles. The molecule has 2 aromatic heterocycles. The monoisotopic (exact) mass is 262 g/mol. The number of nitrogens with one attached hydrogen (secondary N) is 2. The van der Waals surface area contributed by atoms with Crippen LogP contribution in [-0.4, -0.2) is 32.1 Å². The maximum absolute atomic E-state index is 11.3. The number of aliphatic carboxylic acids is 1. The summed E-state index contributed by atoms with van der Waals surface area (Å²) in [7, 11) is 0. The fourth-order valence-corrected chi connectivity index (χ4v) is 2.02. The number of carbonyl (C=O) groups is 1. The molecule has 6 heteroatoms. The standard InChI is InChI=1S/C13H18N4O2/c1-7(2)6-10(13(18)19)17-12-9-4-5-14-11(9)15-8(3)16-12/h4-5,7,10H,6H2,1-3H3,(H,18,19)(H2,14,15,16,17)/t10-/m0/s1. The van der Waals surface area contributed by atoms with E-state index in [4.69, 9.17) is 0 Å². The molecule has 2 aromatic rings. The Balaban J connectivity index is 2.32. The van der Waals surface area contributed by atoms with E-state index in [0.717, 1.165) is 5.39 Å². The molecule has 0 bridgehead atoms. The van der Waals surface area contributed by atoms with Crippen LogP contribution in [0.1, 0.15) is 26.1 Å². The van der Waals surface area contributed by atoms with Gasteiger partial charge in [0.2, 0.25) is 0 Å². The Bertz CT molecular complexity index is 591. The number of H-pyrrole nitrogens is 1. The van der Waals surface area contributed by atoms with Crippen LogP contribution in [-0.2, 0) is 4.79 Å². The molecule has 0 spiro atoms. The molecule has 2 heterocycles. The summed E-state index contributed by atoms with van der Waals surface area (Å²) in [6.07, 6.45) is 2.31. The molecular weight excluding hydrogens is 244 g/mol. The van der Waals surface area contributed by atoms with Gasteiger partial charge in [-0.25, -0.2) is 14.8 Å². The Kier molecular flexibility index (Phi) is 3.69. The number of anilines is 1. The van der Waals surface area contributed by atoms with Crippen molar-refractivity contribution in [2.24, 2.45) is 5.92 Å². The lowest BCUT2D eigenvalue weighted by Gasteiger charge is -2.17. The molecule has 19 heavy (non-hydrogen) atoms. The van der Waals surface area contributed by atoms with Gasteiger partial charge in [0.25, 0.3) is 0 Å². The fraction of sp³-hybridized carbons (Fsp3) is 0.462. The van der Waals surface area contributed by atoms with Crippen molar-refractivity contribution in [2.75, 3.05) is 5.32 Å². The minimum atomic E-state index is -0.867. The highest BCUT2D eigenvalue weighted by Gasteiger charge is 2.20. The second-order valence-corrected chi connectivity index (χ2v) is 5.02. The van der Waals surface area contributed by atoms with Crippen molar-refractivity contribution in [3.8, 4) is 0 Å². The highest BCUT2D eigenvalue weighted by Crippen LogP contribution is 2.21. The SMILES string of the molecule is Cc1nc(N[C@@H](CC(C)C)C(=O)O)c2cc[nH]c2n1. The van der Waals surface area contributed by atoms with Crippen molar-refractivity contribution in [3.63, 3.8) is 0 Å². The first kappa shape index (κ1) is 13.3. The van der Waals surface area contributed by atoms with Crippen LogP contribution in [0.25, 0.3) is 11.0 Å². The lowest BCUT2D eigenvalue weighted by atomic mass is 10.0. The summed E-state index contributed by atoms with van der Waals surface area (Å²) in [6.45, 7) is 5.77. The number of hydrogen-bond donors (Lipinski definition) is 3. The van der Waals surface area contributed by atoms with Crippen molar-refractivity contribution in [1.29, 1.82) is 0 Å². The average Bonchev–Trinajstić information content (AvgIpc) is 2.75. The largest absolute Gasteiger partial charge is 0.480 e. The second-order valence-electron chi connectivity index (χ2n) is 5.02. The van der Waals surface area contributed by atoms with E-state index < -0.39 is 12.0 Å². The molecule has 2 rings (SSSR count). The summed E-state index contributed by atoms with van der Waals surface area (Å²) in [6, 6.07) is 1.19. The summed E-state index contributed by atoms with van der Waals surface area (Å²) in [5, 5.41) is 13.1. The fourth-order valence-electron chi connectivity index (χ4n) is 2.02. The predicted molar refractivity (Wildman–Crippen MR) is 73.1 cm³/mol. The molecule has 0 amide bonds. The van der Waals surface area contributed by atoms with Gasteiger partial charge in [0, 0.05) is 6.20 Å². The highest BCUT2D eigenvalue weighted by atomic mass is 16.4. The first-order chi connectivity index (χ1) is 8.97. The second kappa shape index (κ2) is 5.26. The van der Waals surface area contributed by atoms with Gasteiger partial charge in [-0.05, 0) is 25.3 Å². The highest BCUT2D eigenvalue weighted by molar-refractivity contribution is 5.89. The molecule has 0 aliphatic rings. The maximum Gasteiger partial charge on any atom is 0.326 e. The number of nitrogens with zero attached hydrogens (tertiary/aromatic N) is 2. The predicted octanol–water partition coefficient (Wildman–Crippen LogP) is 2.18. The zero-order chi connectivity index (χ0) is 14.0. The molecule has 0 aliphatic heterocycles. The van der Waals surface area contributed by atoms with Gasteiger partial charge in [-0.2, -0.15) is 0 Å². The van der Waals surface area contributed by atoms with E-state index in [1.54, 1.807) is 13.1 Å². The van der Waals surface area contributed by atoms with Crippen LogP contribution < -0.4 is 5.32 Å². The van der Waals surface area contributed by atoms with Crippen molar-refractivity contribution in [1.82, 2.24) is 15.0 Å². The normalized spacial score (nSPS) is 12.8. The summed E-state index contributed by atoms with van der Waals surface area (Å²) in [4.78, 5) is 22.8. The molecule has 0 saturated heterocycles. The first-order valence-corrected chi connectivity index (χ1v) is 6.28. The van der Waals surface area contributed by atoms with Crippen LogP contribution in [0.3, 0.4) is 0 Å². The molecule has 0 unspecified atom stereocenters. The van der Waals surface area contributed by atoms with Crippen LogP contribution in [0.2, 0.25) is 0 Å². The van der Waals surface area contributed by atoms with Crippen molar-refractivity contribution in [3.05, 3.63) is 18.1 Å². The smallest absolute Gasteiger partial charge is 0.326 e. The van der Waals surface area contributed by atoms with Crippen LogP contribution in [0, 0.1) is 12.8 Å². The van der Waals surface area contributed by atoms with E-state index in [0.29, 0.717) is 29.6 Å². The number of fused-ring (bicyclic) bond motifs is 1. The summed E-state index contributed by atoms with van der Waals surface area (Å²) < 4.78 is 0. The van der Waals surface area contributed by atoms with Gasteiger partial charge in [-0.3, -0.25) is 0 Å². The Hall–Kier alpha value is -2.11. The first-order valence-electron chi connectivity index (χ1n) is 6.28. The van der Waals surface area contributed by atoms with Crippen molar-refractivity contribution >= 4 is 22.8 Å². The topological polar surface area (TPSA) is 90.9 Å². The van der Waals surface area contributed by atoms with Gasteiger partial charge < -0.3 is 15.4 Å². The van der Waals surface area contributed by atoms with Crippen LogP contribution in [0.15, 0.2) is 12.3 Å². The number of rotatable bonds is 5. The van der Waals surface area contributed by atoms with Crippen molar-refractivity contribution < 1.29 is 9.90 Å². The quantitative estimate of drug-likeness (QED) is 0.768. The molecular formula is C13H18N4O2. The zero-order valence-electron chi connectivity index (χ0n) is 11.3. The molecule has 1 atom stereocenters. The Morgan fingerprint density at radius 1 is 1.47 bits per heavy atom. The molecule has 0 aromatic carbocycles. The van der Waals surface area contributed by atoms with E-state index in [1.807, 2.05) is 19.9 Å². The number of aromatic nitrogens is 3. The van der Waals surface area contributed by atoms with E-state index in [9.17, 15) is 9.90 Å². The average molecular weight is 262 g/mol. The van der Waals surface area contributed by atoms with Gasteiger partial charge in [0.15, 0.2) is 0 Å². The minimum absolute atomic E-state index is 0.290. The number of carboxylic acid groups (broad SMARTS) is 1. The Morgan fingerprint density at radius 3 is 2.84 bits per heavy atom. The lowest BCUT2D eigenvalue weighted by molar-refractivity contribution is -0.138. The van der Waals surface area contributed by atoms with Gasteiger partial charge in [0.1, 0.15) is 23.3 Å². The summed E-state index contributed by atoms with van der Waals surface area (Å²) in [5.41, 5.74) is 0.712. The Morgan fingerprint density at radius 2 is 2.21 bits per heavy atom. The Labute approximate surface area is 111 Å². The molecule has 0 aliphatic carbocycles. The third kappa shape index (κ3) is 3.01. The summed E-state index contributed by atoms with van der Waals surface area (Å²) in [5.74, 6) is 0.592. The summed E-state index contributed by atoms with van der Waals surface area (Å²) >= 11 is 0. The van der Waals surface area contributed by atoms with Gasteiger partial charge in [-0.1, -0.05) is 13.8 Å².